The number of rotatable bonds is 5. The van der Waals surface area contributed by atoms with E-state index in [-0.39, 0.29) is 10.6 Å². The molecule has 1 atom stereocenters. The van der Waals surface area contributed by atoms with E-state index in [4.69, 9.17) is 4.74 Å². The van der Waals surface area contributed by atoms with E-state index in [0.717, 1.165) is 31.6 Å². The molecule has 0 aliphatic carbocycles. The first-order valence-corrected chi connectivity index (χ1v) is 7.62. The number of nitro benzene ring substituents is 1. The van der Waals surface area contributed by atoms with E-state index in [0.29, 0.717) is 23.0 Å². The van der Waals surface area contributed by atoms with E-state index < -0.39 is 0 Å². The zero-order valence-corrected chi connectivity index (χ0v) is 13.1. The molecule has 0 amide bonds. The van der Waals surface area contributed by atoms with E-state index in [9.17, 15) is 10.1 Å². The molecule has 0 spiro atoms. The summed E-state index contributed by atoms with van der Waals surface area (Å²) >= 11 is 3.33. The van der Waals surface area contributed by atoms with Gasteiger partial charge in [-0.15, -0.1) is 0 Å². The molecule has 1 fully saturated rings. The Hall–Kier alpha value is -0.980. The van der Waals surface area contributed by atoms with E-state index in [1.165, 1.54) is 6.07 Å². The average Bonchev–Trinajstić information content (AvgIpc) is 2.46. The molecule has 6 heteroatoms. The molecule has 0 aromatic heterocycles. The van der Waals surface area contributed by atoms with E-state index in [1.54, 1.807) is 6.07 Å². The summed E-state index contributed by atoms with van der Waals surface area (Å²) in [4.78, 5) is 10.5. The van der Waals surface area contributed by atoms with Gasteiger partial charge >= 0.3 is 0 Å². The third kappa shape index (κ3) is 3.77. The van der Waals surface area contributed by atoms with Gasteiger partial charge in [-0.1, -0.05) is 12.1 Å². The molecule has 1 aromatic rings. The highest BCUT2D eigenvalue weighted by molar-refractivity contribution is 9.10. The lowest BCUT2D eigenvalue weighted by Crippen LogP contribution is -2.36. The second-order valence-corrected chi connectivity index (χ2v) is 5.92. The Kier molecular flexibility index (Phi) is 5.51. The molecular formula is C14H19BrN2O3. The molecule has 1 aromatic carbocycles. The summed E-state index contributed by atoms with van der Waals surface area (Å²) in [5.74, 6) is 0.612. The van der Waals surface area contributed by atoms with Gasteiger partial charge in [0.05, 0.1) is 9.40 Å². The molecule has 1 N–H and O–H groups in total. The van der Waals surface area contributed by atoms with Gasteiger partial charge in [-0.2, -0.15) is 0 Å². The zero-order chi connectivity index (χ0) is 14.5. The Morgan fingerprint density at radius 3 is 2.85 bits per heavy atom. The monoisotopic (exact) mass is 342 g/mol. The largest absolute Gasteiger partial charge is 0.381 e. The molecule has 2 rings (SSSR count). The van der Waals surface area contributed by atoms with Crippen molar-refractivity contribution in [3.63, 3.8) is 0 Å². The Bertz CT molecular complexity index is 475. The second kappa shape index (κ2) is 7.15. The fourth-order valence-electron chi connectivity index (χ4n) is 2.50. The SMILES string of the molecule is CC(NCc1cccc([N+](=O)[O-])c1Br)C1CCOCC1. The first kappa shape index (κ1) is 15.4. The number of nitrogens with one attached hydrogen (secondary N) is 1. The third-order valence-electron chi connectivity index (χ3n) is 3.84. The molecular weight excluding hydrogens is 324 g/mol. The molecule has 0 bridgehead atoms. The predicted molar refractivity (Wildman–Crippen MR) is 80.6 cm³/mol. The van der Waals surface area contributed by atoms with Gasteiger partial charge in [-0.25, -0.2) is 0 Å². The lowest BCUT2D eigenvalue weighted by Gasteiger charge is -2.28. The Morgan fingerprint density at radius 2 is 2.20 bits per heavy atom. The Balaban J connectivity index is 1.96. The first-order valence-electron chi connectivity index (χ1n) is 6.82. The molecule has 1 unspecified atom stereocenters. The van der Waals surface area contributed by atoms with Crippen molar-refractivity contribution in [2.24, 2.45) is 5.92 Å². The maximum Gasteiger partial charge on any atom is 0.283 e. The number of nitrogens with zero attached hydrogens (tertiary/aromatic N) is 1. The molecule has 1 saturated heterocycles. The van der Waals surface area contributed by atoms with Crippen molar-refractivity contribution >= 4 is 21.6 Å². The normalized spacial score (nSPS) is 17.9. The molecule has 110 valence electrons. The number of ether oxygens (including phenoxy) is 1. The molecule has 5 nitrogen and oxygen atoms in total. The van der Waals surface area contributed by atoms with Gasteiger partial charge in [0.1, 0.15) is 0 Å². The van der Waals surface area contributed by atoms with Crippen LogP contribution in [0.3, 0.4) is 0 Å². The van der Waals surface area contributed by atoms with Crippen LogP contribution in [0.15, 0.2) is 22.7 Å². The quantitative estimate of drug-likeness (QED) is 0.658. The van der Waals surface area contributed by atoms with Gasteiger partial charge in [0.25, 0.3) is 5.69 Å². The number of halogens is 1. The summed E-state index contributed by atoms with van der Waals surface area (Å²) in [6.45, 7) is 4.45. The van der Waals surface area contributed by atoms with E-state index in [1.807, 2.05) is 6.07 Å². The maximum absolute atomic E-state index is 10.9. The van der Waals surface area contributed by atoms with Crippen molar-refractivity contribution in [3.8, 4) is 0 Å². The lowest BCUT2D eigenvalue weighted by molar-refractivity contribution is -0.385. The minimum atomic E-state index is -0.366. The Labute approximate surface area is 127 Å². The number of benzene rings is 1. The van der Waals surface area contributed by atoms with Crippen LogP contribution in [-0.4, -0.2) is 24.2 Å². The Morgan fingerprint density at radius 1 is 1.50 bits per heavy atom. The summed E-state index contributed by atoms with van der Waals surface area (Å²) in [5, 5.41) is 14.4. The van der Waals surface area contributed by atoms with Crippen molar-refractivity contribution in [3.05, 3.63) is 38.3 Å². The molecule has 1 aliphatic rings. The highest BCUT2D eigenvalue weighted by Gasteiger charge is 2.21. The van der Waals surface area contributed by atoms with Gasteiger partial charge < -0.3 is 10.1 Å². The van der Waals surface area contributed by atoms with Crippen LogP contribution in [0.4, 0.5) is 5.69 Å². The lowest BCUT2D eigenvalue weighted by atomic mass is 9.93. The van der Waals surface area contributed by atoms with Crippen molar-refractivity contribution < 1.29 is 9.66 Å². The fourth-order valence-corrected chi connectivity index (χ4v) is 3.05. The minimum absolute atomic E-state index is 0.114. The summed E-state index contributed by atoms with van der Waals surface area (Å²) in [6.07, 6.45) is 2.15. The highest BCUT2D eigenvalue weighted by Crippen LogP contribution is 2.28. The van der Waals surface area contributed by atoms with Gasteiger partial charge in [-0.05, 0) is 47.2 Å². The van der Waals surface area contributed by atoms with E-state index >= 15 is 0 Å². The average molecular weight is 343 g/mol. The van der Waals surface area contributed by atoms with Gasteiger partial charge in [-0.3, -0.25) is 10.1 Å². The summed E-state index contributed by atoms with van der Waals surface area (Å²) in [7, 11) is 0. The number of hydrogen-bond acceptors (Lipinski definition) is 4. The van der Waals surface area contributed by atoms with Gasteiger partial charge in [0.2, 0.25) is 0 Å². The molecule has 0 radical (unpaired) electrons. The molecule has 20 heavy (non-hydrogen) atoms. The van der Waals surface area contributed by atoms with Crippen LogP contribution in [0, 0.1) is 16.0 Å². The highest BCUT2D eigenvalue weighted by atomic mass is 79.9. The first-order chi connectivity index (χ1) is 9.59. The van der Waals surface area contributed by atoms with Crippen LogP contribution in [0.2, 0.25) is 0 Å². The van der Waals surface area contributed by atoms with Crippen LogP contribution < -0.4 is 5.32 Å². The third-order valence-corrected chi connectivity index (χ3v) is 4.76. The number of nitro groups is 1. The zero-order valence-electron chi connectivity index (χ0n) is 11.5. The van der Waals surface area contributed by atoms with E-state index in [2.05, 4.69) is 28.2 Å². The minimum Gasteiger partial charge on any atom is -0.381 e. The standard InChI is InChI=1S/C14H19BrN2O3/c1-10(11-5-7-20-8-6-11)16-9-12-3-2-4-13(14(12)15)17(18)19/h2-4,10-11,16H,5-9H2,1H3. The molecule has 0 saturated carbocycles. The smallest absolute Gasteiger partial charge is 0.283 e. The molecule has 1 aliphatic heterocycles. The number of hydrogen-bond donors (Lipinski definition) is 1. The van der Waals surface area contributed by atoms with Crippen LogP contribution in [0.1, 0.15) is 25.3 Å². The van der Waals surface area contributed by atoms with Crippen molar-refractivity contribution in [1.82, 2.24) is 5.32 Å². The predicted octanol–water partition coefficient (Wildman–Crippen LogP) is 3.26. The van der Waals surface area contributed by atoms with Crippen molar-refractivity contribution in [1.29, 1.82) is 0 Å². The van der Waals surface area contributed by atoms with Crippen molar-refractivity contribution in [2.75, 3.05) is 13.2 Å². The summed E-state index contributed by atoms with van der Waals surface area (Å²) in [5.41, 5.74) is 1.03. The van der Waals surface area contributed by atoms with Crippen LogP contribution in [0.25, 0.3) is 0 Å². The van der Waals surface area contributed by atoms with Gasteiger partial charge in [0.15, 0.2) is 0 Å². The summed E-state index contributed by atoms with van der Waals surface area (Å²) < 4.78 is 5.93. The van der Waals surface area contributed by atoms with Crippen LogP contribution >= 0.6 is 15.9 Å². The van der Waals surface area contributed by atoms with Crippen LogP contribution in [0.5, 0.6) is 0 Å². The van der Waals surface area contributed by atoms with Gasteiger partial charge in [0, 0.05) is 31.9 Å². The topological polar surface area (TPSA) is 64.4 Å². The van der Waals surface area contributed by atoms with Crippen LogP contribution in [-0.2, 0) is 11.3 Å². The fraction of sp³-hybridized carbons (Fsp3) is 0.571. The summed E-state index contributed by atoms with van der Waals surface area (Å²) in [6, 6.07) is 5.51. The van der Waals surface area contributed by atoms with Crippen molar-refractivity contribution in [2.45, 2.75) is 32.4 Å². The second-order valence-electron chi connectivity index (χ2n) is 5.13. The maximum atomic E-state index is 10.9. The molecule has 1 heterocycles.